The summed E-state index contributed by atoms with van der Waals surface area (Å²) in [5.74, 6) is 2.01. The van der Waals surface area contributed by atoms with Crippen LogP contribution in [0, 0.1) is 5.92 Å². The number of nitrogens with one attached hydrogen (secondary N) is 1. The van der Waals surface area contributed by atoms with E-state index in [0.717, 1.165) is 23.5 Å². The largest absolute Gasteiger partial charge is 0.355 e. The van der Waals surface area contributed by atoms with Gasteiger partial charge >= 0.3 is 0 Å². The smallest absolute Gasteiger partial charge is 0.203 e. The highest BCUT2D eigenvalue weighted by Gasteiger charge is 2.07. The summed E-state index contributed by atoms with van der Waals surface area (Å²) in [5.41, 5.74) is 2.16. The van der Waals surface area contributed by atoms with Crippen molar-refractivity contribution in [3.8, 4) is 0 Å². The molecule has 1 N–H and O–H groups in total. The molecular weight excluding hydrogens is 222 g/mol. The van der Waals surface area contributed by atoms with Gasteiger partial charge in [0, 0.05) is 19.5 Å². The van der Waals surface area contributed by atoms with Gasteiger partial charge in [0.25, 0.3) is 0 Å². The summed E-state index contributed by atoms with van der Waals surface area (Å²) in [6, 6.07) is 8.11. The zero-order chi connectivity index (χ0) is 11.5. The number of hydrogen-bond donors (Lipinski definition) is 1. The molecule has 0 bridgehead atoms. The molecule has 1 heterocycles. The maximum Gasteiger partial charge on any atom is 0.203 e. The Bertz CT molecular complexity index is 478. The van der Waals surface area contributed by atoms with Gasteiger partial charge in [-0.1, -0.05) is 19.1 Å². The first-order valence-electron chi connectivity index (χ1n) is 5.43. The molecule has 2 aromatic rings. The molecular formula is C12H16ClN3. The third-order valence-corrected chi connectivity index (χ3v) is 3.19. The Balaban J connectivity index is 2.21. The van der Waals surface area contributed by atoms with E-state index < -0.39 is 0 Å². The highest BCUT2D eigenvalue weighted by Crippen LogP contribution is 2.17. The van der Waals surface area contributed by atoms with Crippen molar-refractivity contribution >= 4 is 28.6 Å². The van der Waals surface area contributed by atoms with E-state index >= 15 is 0 Å². The highest BCUT2D eigenvalue weighted by atomic mass is 35.5. The number of hydrogen-bond acceptors (Lipinski definition) is 2. The molecule has 1 aromatic heterocycles. The van der Waals surface area contributed by atoms with E-state index in [0.29, 0.717) is 11.8 Å². The maximum atomic E-state index is 5.77. The van der Waals surface area contributed by atoms with Crippen molar-refractivity contribution in [2.45, 2.75) is 6.92 Å². The summed E-state index contributed by atoms with van der Waals surface area (Å²) in [6.07, 6.45) is 0. The third kappa shape index (κ3) is 2.14. The molecule has 0 saturated heterocycles. The van der Waals surface area contributed by atoms with Gasteiger partial charge in [0.05, 0.1) is 11.0 Å². The number of para-hydroxylation sites is 2. The SMILES string of the molecule is CC(CCl)CNc1nc2ccccc2n1C. The number of alkyl halides is 1. The molecule has 1 aromatic carbocycles. The minimum Gasteiger partial charge on any atom is -0.355 e. The molecule has 0 fully saturated rings. The monoisotopic (exact) mass is 237 g/mol. The predicted molar refractivity (Wildman–Crippen MR) is 69.1 cm³/mol. The number of nitrogens with zero attached hydrogens (tertiary/aromatic N) is 2. The van der Waals surface area contributed by atoms with E-state index in [1.165, 1.54) is 0 Å². The van der Waals surface area contributed by atoms with Crippen LogP contribution >= 0.6 is 11.6 Å². The average Bonchev–Trinajstić information content (AvgIpc) is 2.64. The first-order valence-corrected chi connectivity index (χ1v) is 5.97. The number of fused-ring (bicyclic) bond motifs is 1. The number of benzene rings is 1. The Hall–Kier alpha value is -1.22. The van der Waals surface area contributed by atoms with Gasteiger partial charge in [0.2, 0.25) is 5.95 Å². The third-order valence-electron chi connectivity index (χ3n) is 2.66. The van der Waals surface area contributed by atoms with Crippen molar-refractivity contribution in [3.05, 3.63) is 24.3 Å². The maximum absolute atomic E-state index is 5.77. The van der Waals surface area contributed by atoms with Crippen LogP contribution in [0.4, 0.5) is 5.95 Å². The second-order valence-electron chi connectivity index (χ2n) is 4.12. The molecule has 4 heteroatoms. The lowest BCUT2D eigenvalue weighted by molar-refractivity contribution is 0.689. The van der Waals surface area contributed by atoms with Crippen molar-refractivity contribution in [2.75, 3.05) is 17.7 Å². The van der Waals surface area contributed by atoms with Gasteiger partial charge in [0.1, 0.15) is 0 Å². The van der Waals surface area contributed by atoms with E-state index in [-0.39, 0.29) is 0 Å². The molecule has 0 aliphatic rings. The van der Waals surface area contributed by atoms with E-state index in [1.807, 2.05) is 25.2 Å². The molecule has 0 radical (unpaired) electrons. The molecule has 16 heavy (non-hydrogen) atoms. The van der Waals surface area contributed by atoms with Gasteiger partial charge in [-0.3, -0.25) is 0 Å². The van der Waals surface area contributed by atoms with Crippen molar-refractivity contribution < 1.29 is 0 Å². The van der Waals surface area contributed by atoms with E-state index in [4.69, 9.17) is 11.6 Å². The predicted octanol–water partition coefficient (Wildman–Crippen LogP) is 2.86. The summed E-state index contributed by atoms with van der Waals surface area (Å²) >= 11 is 5.77. The Morgan fingerprint density at radius 3 is 2.88 bits per heavy atom. The number of anilines is 1. The molecule has 0 aliphatic carbocycles. The Kier molecular flexibility index (Phi) is 3.34. The first kappa shape index (κ1) is 11.3. The van der Waals surface area contributed by atoms with E-state index in [2.05, 4.69) is 27.9 Å². The van der Waals surface area contributed by atoms with Crippen LogP contribution in [0.3, 0.4) is 0 Å². The molecule has 2 rings (SSSR count). The van der Waals surface area contributed by atoms with Crippen LogP contribution in [0.25, 0.3) is 11.0 Å². The van der Waals surface area contributed by atoms with Crippen LogP contribution in [-0.2, 0) is 7.05 Å². The number of imidazole rings is 1. The molecule has 3 nitrogen and oxygen atoms in total. The molecule has 0 amide bonds. The van der Waals surface area contributed by atoms with E-state index in [1.54, 1.807) is 0 Å². The van der Waals surface area contributed by atoms with Crippen LogP contribution in [-0.4, -0.2) is 22.0 Å². The van der Waals surface area contributed by atoms with Crippen molar-refractivity contribution in [3.63, 3.8) is 0 Å². The molecule has 86 valence electrons. The highest BCUT2D eigenvalue weighted by molar-refractivity contribution is 6.18. The number of aryl methyl sites for hydroxylation is 1. The van der Waals surface area contributed by atoms with E-state index in [9.17, 15) is 0 Å². The summed E-state index contributed by atoms with van der Waals surface area (Å²) in [7, 11) is 2.02. The van der Waals surface area contributed by atoms with Crippen molar-refractivity contribution in [1.29, 1.82) is 0 Å². The molecule has 0 spiro atoms. The fourth-order valence-electron chi connectivity index (χ4n) is 1.62. The fraction of sp³-hybridized carbons (Fsp3) is 0.417. The van der Waals surface area contributed by atoms with Crippen LogP contribution in [0.1, 0.15) is 6.92 Å². The van der Waals surface area contributed by atoms with Crippen LogP contribution in [0.2, 0.25) is 0 Å². The quantitative estimate of drug-likeness (QED) is 0.829. The lowest BCUT2D eigenvalue weighted by atomic mass is 10.2. The first-order chi connectivity index (χ1) is 7.72. The zero-order valence-electron chi connectivity index (χ0n) is 9.57. The van der Waals surface area contributed by atoms with Crippen LogP contribution in [0.15, 0.2) is 24.3 Å². The van der Waals surface area contributed by atoms with Gasteiger partial charge in [-0.2, -0.15) is 0 Å². The Morgan fingerprint density at radius 1 is 1.44 bits per heavy atom. The summed E-state index contributed by atoms with van der Waals surface area (Å²) in [6.45, 7) is 2.96. The second kappa shape index (κ2) is 4.74. The van der Waals surface area contributed by atoms with Gasteiger partial charge < -0.3 is 9.88 Å². The summed E-state index contributed by atoms with van der Waals surface area (Å²) in [5, 5.41) is 3.32. The Morgan fingerprint density at radius 2 is 2.19 bits per heavy atom. The minimum atomic E-state index is 0.446. The second-order valence-corrected chi connectivity index (χ2v) is 4.43. The normalized spacial score (nSPS) is 12.9. The van der Waals surface area contributed by atoms with Gasteiger partial charge in [-0.15, -0.1) is 11.6 Å². The van der Waals surface area contributed by atoms with Gasteiger partial charge in [-0.25, -0.2) is 4.98 Å². The standard InChI is InChI=1S/C12H16ClN3/c1-9(7-13)8-14-12-15-10-5-3-4-6-11(10)16(12)2/h3-6,9H,7-8H2,1-2H3,(H,14,15). The number of aromatic nitrogens is 2. The summed E-state index contributed by atoms with van der Waals surface area (Å²) in [4.78, 5) is 4.53. The minimum absolute atomic E-state index is 0.446. The van der Waals surface area contributed by atoms with Crippen molar-refractivity contribution in [2.24, 2.45) is 13.0 Å². The van der Waals surface area contributed by atoms with Crippen LogP contribution < -0.4 is 5.32 Å². The van der Waals surface area contributed by atoms with Crippen molar-refractivity contribution in [1.82, 2.24) is 9.55 Å². The zero-order valence-corrected chi connectivity index (χ0v) is 10.3. The molecule has 0 aliphatic heterocycles. The topological polar surface area (TPSA) is 29.9 Å². The van der Waals surface area contributed by atoms with Gasteiger partial charge in [0.15, 0.2) is 0 Å². The summed E-state index contributed by atoms with van der Waals surface area (Å²) < 4.78 is 2.07. The van der Waals surface area contributed by atoms with Gasteiger partial charge in [-0.05, 0) is 18.1 Å². The fourth-order valence-corrected chi connectivity index (χ4v) is 1.73. The lowest BCUT2D eigenvalue weighted by Gasteiger charge is -2.09. The number of rotatable bonds is 4. The molecule has 0 saturated carbocycles. The average molecular weight is 238 g/mol. The molecule has 1 unspecified atom stereocenters. The Labute approximate surface area is 100 Å². The van der Waals surface area contributed by atoms with Crippen LogP contribution in [0.5, 0.6) is 0 Å². The number of halogens is 1. The molecule has 1 atom stereocenters. The lowest BCUT2D eigenvalue weighted by Crippen LogP contribution is -2.14.